The third-order valence-electron chi connectivity index (χ3n) is 2.89. The molecule has 0 unspecified atom stereocenters. The van der Waals surface area contributed by atoms with Gasteiger partial charge in [0, 0.05) is 9.86 Å². The van der Waals surface area contributed by atoms with Crippen molar-refractivity contribution in [3.05, 3.63) is 58.6 Å². The molecule has 0 aliphatic carbocycles. The van der Waals surface area contributed by atoms with Gasteiger partial charge in [-0.3, -0.25) is 5.32 Å². The topological polar surface area (TPSA) is 51.2 Å². The van der Waals surface area contributed by atoms with Gasteiger partial charge in [0.1, 0.15) is 17.1 Å². The molecule has 1 amide bonds. The molecule has 0 bridgehead atoms. The highest BCUT2D eigenvalue weighted by molar-refractivity contribution is 9.10. The average molecular weight is 363 g/mol. The van der Waals surface area contributed by atoms with E-state index >= 15 is 0 Å². The van der Waals surface area contributed by atoms with E-state index < -0.39 is 6.09 Å². The van der Waals surface area contributed by atoms with Crippen molar-refractivity contribution in [2.45, 2.75) is 6.61 Å². The Morgan fingerprint density at radius 2 is 2.00 bits per heavy atom. The summed E-state index contributed by atoms with van der Waals surface area (Å²) in [6.07, 6.45) is -0.482. The lowest BCUT2D eigenvalue weighted by molar-refractivity contribution is 0.155. The summed E-state index contributed by atoms with van der Waals surface area (Å²) in [4.78, 5) is 11.8. The zero-order valence-corrected chi connectivity index (χ0v) is 13.3. The summed E-state index contributed by atoms with van der Waals surface area (Å²) in [5.74, 6) is 0. The van der Waals surface area contributed by atoms with Crippen LogP contribution in [0.3, 0.4) is 0 Å². The van der Waals surface area contributed by atoms with Crippen molar-refractivity contribution < 1.29 is 9.53 Å². The first-order chi connectivity index (χ1) is 10.2. The number of carbonyl (C=O) groups is 1. The van der Waals surface area contributed by atoms with Crippen molar-refractivity contribution in [3.63, 3.8) is 0 Å². The van der Waals surface area contributed by atoms with E-state index in [4.69, 9.17) is 4.74 Å². The number of hydrogen-bond donors (Lipinski definition) is 1. The fourth-order valence-corrected chi connectivity index (χ4v) is 3.22. The molecule has 0 saturated carbocycles. The SMILES string of the molecule is O=C(Nc1snc2c(Br)cccc12)OCc1ccccc1. The normalized spacial score (nSPS) is 10.5. The van der Waals surface area contributed by atoms with Crippen molar-refractivity contribution in [2.24, 2.45) is 0 Å². The minimum absolute atomic E-state index is 0.243. The number of rotatable bonds is 3. The van der Waals surface area contributed by atoms with Crippen LogP contribution < -0.4 is 5.32 Å². The molecule has 0 fully saturated rings. The van der Waals surface area contributed by atoms with Gasteiger partial charge in [-0.15, -0.1) is 0 Å². The van der Waals surface area contributed by atoms with E-state index in [-0.39, 0.29) is 6.61 Å². The molecule has 6 heteroatoms. The van der Waals surface area contributed by atoms with Crippen LogP contribution >= 0.6 is 27.5 Å². The van der Waals surface area contributed by atoms with Crippen molar-refractivity contribution in [2.75, 3.05) is 5.32 Å². The second-order valence-corrected chi connectivity index (χ2v) is 5.96. The Bertz CT molecular complexity index is 774. The van der Waals surface area contributed by atoms with Crippen LogP contribution in [0.1, 0.15) is 5.56 Å². The number of fused-ring (bicyclic) bond motifs is 1. The summed E-state index contributed by atoms with van der Waals surface area (Å²) in [6, 6.07) is 15.3. The fraction of sp³-hybridized carbons (Fsp3) is 0.0667. The largest absolute Gasteiger partial charge is 0.444 e. The molecule has 0 atom stereocenters. The lowest BCUT2D eigenvalue weighted by Gasteiger charge is -2.05. The third kappa shape index (κ3) is 3.22. The molecule has 0 radical (unpaired) electrons. The van der Waals surface area contributed by atoms with Crippen molar-refractivity contribution in [1.29, 1.82) is 0 Å². The Balaban J connectivity index is 1.68. The predicted molar refractivity (Wildman–Crippen MR) is 87.6 cm³/mol. The first kappa shape index (κ1) is 14.0. The van der Waals surface area contributed by atoms with Crippen LogP contribution in [0, 0.1) is 0 Å². The highest BCUT2D eigenvalue weighted by Crippen LogP contribution is 2.32. The predicted octanol–water partition coefficient (Wildman–Crippen LogP) is 4.81. The van der Waals surface area contributed by atoms with Crippen LogP contribution in [0.15, 0.2) is 53.0 Å². The number of anilines is 1. The Morgan fingerprint density at radius 3 is 2.81 bits per heavy atom. The highest BCUT2D eigenvalue weighted by atomic mass is 79.9. The molecule has 0 saturated heterocycles. The van der Waals surface area contributed by atoms with Crippen molar-refractivity contribution >= 4 is 49.5 Å². The number of amides is 1. The van der Waals surface area contributed by atoms with Gasteiger partial charge in [0.05, 0.1) is 0 Å². The number of halogens is 1. The molecule has 0 aliphatic rings. The first-order valence-corrected chi connectivity index (χ1v) is 7.82. The second-order valence-electron chi connectivity index (χ2n) is 4.33. The van der Waals surface area contributed by atoms with Crippen LogP contribution in [0.4, 0.5) is 9.80 Å². The summed E-state index contributed by atoms with van der Waals surface area (Å²) < 4.78 is 10.4. The van der Waals surface area contributed by atoms with Gasteiger partial charge in [0.15, 0.2) is 0 Å². The van der Waals surface area contributed by atoms with Gasteiger partial charge in [0.2, 0.25) is 0 Å². The summed E-state index contributed by atoms with van der Waals surface area (Å²) in [7, 11) is 0. The Hall–Kier alpha value is -1.92. The molecule has 0 spiro atoms. The maximum atomic E-state index is 11.8. The van der Waals surface area contributed by atoms with Gasteiger partial charge < -0.3 is 4.74 Å². The van der Waals surface area contributed by atoms with Gasteiger partial charge >= 0.3 is 6.09 Å². The number of nitrogens with one attached hydrogen (secondary N) is 1. The minimum atomic E-state index is -0.482. The highest BCUT2D eigenvalue weighted by Gasteiger charge is 2.11. The first-order valence-electron chi connectivity index (χ1n) is 6.25. The standard InChI is InChI=1S/C15H11BrN2O2S/c16-12-8-4-7-11-13(12)18-21-14(11)17-15(19)20-9-10-5-2-1-3-6-10/h1-8H,9H2,(H,17,19). The lowest BCUT2D eigenvalue weighted by atomic mass is 10.2. The Kier molecular flexibility index (Phi) is 4.17. The summed E-state index contributed by atoms with van der Waals surface area (Å²) >= 11 is 4.67. The lowest BCUT2D eigenvalue weighted by Crippen LogP contribution is -2.12. The molecular formula is C15H11BrN2O2S. The van der Waals surface area contributed by atoms with Gasteiger partial charge in [0.25, 0.3) is 0 Å². The van der Waals surface area contributed by atoms with Crippen LogP contribution in [0.25, 0.3) is 10.9 Å². The number of ether oxygens (including phenoxy) is 1. The molecule has 106 valence electrons. The number of nitrogens with zero attached hydrogens (tertiary/aromatic N) is 1. The Morgan fingerprint density at radius 1 is 1.19 bits per heavy atom. The van der Waals surface area contributed by atoms with E-state index in [0.29, 0.717) is 5.00 Å². The second kappa shape index (κ2) is 6.24. The van der Waals surface area contributed by atoms with E-state index in [1.807, 2.05) is 48.5 Å². The number of benzene rings is 2. The molecule has 4 nitrogen and oxygen atoms in total. The summed E-state index contributed by atoms with van der Waals surface area (Å²) in [5, 5.41) is 4.32. The van der Waals surface area contributed by atoms with Gasteiger partial charge in [-0.25, -0.2) is 4.79 Å². The molecule has 1 heterocycles. The van der Waals surface area contributed by atoms with Gasteiger partial charge in [-0.05, 0) is 45.2 Å². The van der Waals surface area contributed by atoms with E-state index in [1.54, 1.807) is 0 Å². The molecule has 0 aliphatic heterocycles. The number of hydrogen-bond acceptors (Lipinski definition) is 4. The molecule has 1 N–H and O–H groups in total. The molecule has 3 rings (SSSR count). The maximum absolute atomic E-state index is 11.8. The zero-order chi connectivity index (χ0) is 14.7. The van der Waals surface area contributed by atoms with E-state index in [0.717, 1.165) is 20.9 Å². The van der Waals surface area contributed by atoms with Crippen LogP contribution in [-0.2, 0) is 11.3 Å². The summed E-state index contributed by atoms with van der Waals surface area (Å²) in [5.41, 5.74) is 1.78. The molecule has 2 aromatic carbocycles. The molecular weight excluding hydrogens is 352 g/mol. The minimum Gasteiger partial charge on any atom is -0.444 e. The van der Waals surface area contributed by atoms with Gasteiger partial charge in [-0.1, -0.05) is 36.4 Å². The van der Waals surface area contributed by atoms with Crippen LogP contribution in [0.5, 0.6) is 0 Å². The van der Waals surface area contributed by atoms with E-state index in [9.17, 15) is 4.79 Å². The maximum Gasteiger partial charge on any atom is 0.412 e. The summed E-state index contributed by atoms with van der Waals surface area (Å²) in [6.45, 7) is 0.243. The zero-order valence-electron chi connectivity index (χ0n) is 10.9. The molecule has 21 heavy (non-hydrogen) atoms. The van der Waals surface area contributed by atoms with E-state index in [2.05, 4.69) is 25.6 Å². The van der Waals surface area contributed by atoms with Crippen molar-refractivity contribution in [1.82, 2.24) is 4.37 Å². The third-order valence-corrected chi connectivity index (χ3v) is 4.31. The van der Waals surface area contributed by atoms with Crippen LogP contribution in [0.2, 0.25) is 0 Å². The molecule has 1 aromatic heterocycles. The average Bonchev–Trinajstić information content (AvgIpc) is 2.91. The van der Waals surface area contributed by atoms with Crippen LogP contribution in [-0.4, -0.2) is 10.5 Å². The van der Waals surface area contributed by atoms with Gasteiger partial charge in [-0.2, -0.15) is 4.37 Å². The van der Waals surface area contributed by atoms with E-state index in [1.165, 1.54) is 11.5 Å². The van der Waals surface area contributed by atoms with Crippen molar-refractivity contribution in [3.8, 4) is 0 Å². The number of aromatic nitrogens is 1. The monoisotopic (exact) mass is 362 g/mol. The smallest absolute Gasteiger partial charge is 0.412 e. The quantitative estimate of drug-likeness (QED) is 0.727. The molecule has 3 aromatic rings. The number of carbonyl (C=O) groups excluding carboxylic acids is 1. The fourth-order valence-electron chi connectivity index (χ4n) is 1.87. The Labute approximate surface area is 134 Å².